The van der Waals surface area contributed by atoms with E-state index in [0.717, 1.165) is 37.0 Å². The molecule has 0 saturated carbocycles. The first-order valence-electron chi connectivity index (χ1n) is 6.39. The van der Waals surface area contributed by atoms with Gasteiger partial charge in [-0.3, -0.25) is 4.79 Å². The molecule has 1 amide bonds. The minimum absolute atomic E-state index is 0.262. The Morgan fingerprint density at radius 3 is 3.06 bits per heavy atom. The Kier molecular flexibility index (Phi) is 4.20. The molecule has 4 heteroatoms. The van der Waals surface area contributed by atoms with Gasteiger partial charge >= 0.3 is 0 Å². The van der Waals surface area contributed by atoms with Gasteiger partial charge in [-0.1, -0.05) is 6.07 Å². The first-order valence-corrected chi connectivity index (χ1v) is 6.39. The molecule has 18 heavy (non-hydrogen) atoms. The molecule has 0 aliphatic heterocycles. The van der Waals surface area contributed by atoms with Crippen molar-refractivity contribution in [2.24, 2.45) is 5.73 Å². The number of rotatable bonds is 6. The van der Waals surface area contributed by atoms with Crippen molar-refractivity contribution in [1.29, 1.82) is 0 Å². The molecular formula is C14H19NO3. The van der Waals surface area contributed by atoms with Crippen molar-refractivity contribution >= 4 is 5.91 Å². The van der Waals surface area contributed by atoms with Gasteiger partial charge < -0.3 is 15.6 Å². The third-order valence-corrected chi connectivity index (χ3v) is 3.25. The predicted octanol–water partition coefficient (Wildman–Crippen LogP) is 1.70. The minimum Gasteiger partial charge on any atom is -0.494 e. The summed E-state index contributed by atoms with van der Waals surface area (Å²) in [5.74, 6) is 0.573. The normalized spacial score (nSPS) is 17.5. The van der Waals surface area contributed by atoms with Crippen LogP contribution >= 0.6 is 0 Å². The number of primary amides is 1. The van der Waals surface area contributed by atoms with Gasteiger partial charge in [-0.15, -0.1) is 0 Å². The highest BCUT2D eigenvalue weighted by molar-refractivity contribution is 5.73. The number of nitrogens with two attached hydrogens (primary N) is 1. The van der Waals surface area contributed by atoms with Crippen molar-refractivity contribution in [3.8, 4) is 5.75 Å². The average Bonchev–Trinajstić information content (AvgIpc) is 2.70. The van der Waals surface area contributed by atoms with Gasteiger partial charge in [-0.25, -0.2) is 0 Å². The fourth-order valence-corrected chi connectivity index (χ4v) is 2.25. The Hall–Kier alpha value is -1.55. The minimum atomic E-state index is -0.315. The summed E-state index contributed by atoms with van der Waals surface area (Å²) in [6.45, 7) is 0.592. The van der Waals surface area contributed by atoms with Crippen LogP contribution in [0.1, 0.15) is 42.9 Å². The Bertz CT molecular complexity index is 431. The van der Waals surface area contributed by atoms with E-state index in [1.54, 1.807) is 0 Å². The molecule has 1 aromatic carbocycles. The van der Waals surface area contributed by atoms with E-state index in [0.29, 0.717) is 13.0 Å². The third kappa shape index (κ3) is 3.23. The zero-order valence-corrected chi connectivity index (χ0v) is 10.4. The molecule has 1 aliphatic rings. The van der Waals surface area contributed by atoms with Crippen molar-refractivity contribution in [1.82, 2.24) is 0 Å². The molecule has 0 spiro atoms. The summed E-state index contributed by atoms with van der Waals surface area (Å²) in [5.41, 5.74) is 7.26. The van der Waals surface area contributed by atoms with Gasteiger partial charge in [0.15, 0.2) is 0 Å². The van der Waals surface area contributed by atoms with Gasteiger partial charge in [-0.05, 0) is 48.9 Å². The standard InChI is InChI=1S/C14H19NO3/c15-14(17)3-1-2-8-18-11-5-6-12-10(9-11)4-7-13(12)16/h5-6,9,13,16H,1-4,7-8H2,(H2,15,17)/t13-/m0/s1. The van der Waals surface area contributed by atoms with E-state index >= 15 is 0 Å². The highest BCUT2D eigenvalue weighted by Gasteiger charge is 2.20. The van der Waals surface area contributed by atoms with Crippen LogP contribution in [0.5, 0.6) is 5.75 Å². The summed E-state index contributed by atoms with van der Waals surface area (Å²) in [5, 5.41) is 9.69. The lowest BCUT2D eigenvalue weighted by Crippen LogP contribution is -2.10. The average molecular weight is 249 g/mol. The zero-order valence-electron chi connectivity index (χ0n) is 10.4. The molecule has 0 unspecified atom stereocenters. The first-order chi connectivity index (χ1) is 8.66. The molecule has 4 nitrogen and oxygen atoms in total. The topological polar surface area (TPSA) is 72.6 Å². The van der Waals surface area contributed by atoms with Gasteiger partial charge in [0.05, 0.1) is 12.7 Å². The van der Waals surface area contributed by atoms with Crippen molar-refractivity contribution in [3.63, 3.8) is 0 Å². The molecule has 0 aromatic heterocycles. The second kappa shape index (κ2) is 5.87. The van der Waals surface area contributed by atoms with E-state index in [-0.39, 0.29) is 12.0 Å². The molecule has 2 rings (SSSR count). The van der Waals surface area contributed by atoms with Crippen molar-refractivity contribution in [2.75, 3.05) is 6.61 Å². The number of benzene rings is 1. The largest absolute Gasteiger partial charge is 0.494 e. The lowest BCUT2D eigenvalue weighted by molar-refractivity contribution is -0.118. The third-order valence-electron chi connectivity index (χ3n) is 3.25. The summed E-state index contributed by atoms with van der Waals surface area (Å²) < 4.78 is 5.61. The van der Waals surface area contributed by atoms with Crippen molar-refractivity contribution in [3.05, 3.63) is 29.3 Å². The maximum atomic E-state index is 10.5. The quantitative estimate of drug-likeness (QED) is 0.754. The Morgan fingerprint density at radius 1 is 1.44 bits per heavy atom. The van der Waals surface area contributed by atoms with E-state index in [2.05, 4.69) is 0 Å². The van der Waals surface area contributed by atoms with E-state index in [9.17, 15) is 9.90 Å². The van der Waals surface area contributed by atoms with Crippen LogP contribution in [0.2, 0.25) is 0 Å². The van der Waals surface area contributed by atoms with Gasteiger partial charge in [0.25, 0.3) is 0 Å². The highest BCUT2D eigenvalue weighted by atomic mass is 16.5. The summed E-state index contributed by atoms with van der Waals surface area (Å²) in [7, 11) is 0. The Morgan fingerprint density at radius 2 is 2.28 bits per heavy atom. The molecule has 98 valence electrons. The number of carbonyl (C=O) groups is 1. The number of fused-ring (bicyclic) bond motifs is 1. The molecule has 1 aliphatic carbocycles. The number of aryl methyl sites for hydroxylation is 1. The molecule has 0 saturated heterocycles. The zero-order chi connectivity index (χ0) is 13.0. The SMILES string of the molecule is NC(=O)CCCCOc1ccc2c(c1)CC[C@@H]2O. The summed E-state index contributed by atoms with van der Waals surface area (Å²) >= 11 is 0. The highest BCUT2D eigenvalue weighted by Crippen LogP contribution is 2.33. The van der Waals surface area contributed by atoms with Crippen LogP contribution in [0.4, 0.5) is 0 Å². The predicted molar refractivity (Wildman–Crippen MR) is 68.3 cm³/mol. The number of ether oxygens (including phenoxy) is 1. The number of hydrogen-bond acceptors (Lipinski definition) is 3. The smallest absolute Gasteiger partial charge is 0.217 e. The van der Waals surface area contributed by atoms with E-state index < -0.39 is 0 Å². The number of unbranched alkanes of at least 4 members (excludes halogenated alkanes) is 1. The molecule has 0 bridgehead atoms. The second-order valence-corrected chi connectivity index (χ2v) is 4.69. The molecular weight excluding hydrogens is 230 g/mol. The van der Waals surface area contributed by atoms with Crippen LogP contribution in [0.15, 0.2) is 18.2 Å². The number of amides is 1. The number of hydrogen-bond donors (Lipinski definition) is 2. The van der Waals surface area contributed by atoms with E-state index in [4.69, 9.17) is 10.5 Å². The molecule has 3 N–H and O–H groups in total. The molecule has 0 radical (unpaired) electrons. The monoisotopic (exact) mass is 249 g/mol. The Balaban J connectivity index is 1.79. The number of aliphatic hydroxyl groups is 1. The number of aliphatic hydroxyl groups excluding tert-OH is 1. The first kappa shape index (κ1) is 12.9. The van der Waals surface area contributed by atoms with Crippen LogP contribution in [0, 0.1) is 0 Å². The summed E-state index contributed by atoms with van der Waals surface area (Å²) in [4.78, 5) is 10.5. The van der Waals surface area contributed by atoms with Crippen LogP contribution in [0.3, 0.4) is 0 Å². The fraction of sp³-hybridized carbons (Fsp3) is 0.500. The van der Waals surface area contributed by atoms with Gasteiger partial charge in [0.2, 0.25) is 5.91 Å². The number of carbonyl (C=O) groups excluding carboxylic acids is 1. The summed E-state index contributed by atoms with van der Waals surface area (Å²) in [6, 6.07) is 5.83. The van der Waals surface area contributed by atoms with E-state index in [1.807, 2.05) is 18.2 Å². The van der Waals surface area contributed by atoms with Gasteiger partial charge in [0.1, 0.15) is 5.75 Å². The van der Waals surface area contributed by atoms with Crippen LogP contribution < -0.4 is 10.5 Å². The fourth-order valence-electron chi connectivity index (χ4n) is 2.25. The van der Waals surface area contributed by atoms with E-state index in [1.165, 1.54) is 5.56 Å². The molecule has 1 atom stereocenters. The Labute approximate surface area is 107 Å². The molecule has 0 fully saturated rings. The maximum Gasteiger partial charge on any atom is 0.217 e. The van der Waals surface area contributed by atoms with Crippen LogP contribution in [0.25, 0.3) is 0 Å². The lowest BCUT2D eigenvalue weighted by Gasteiger charge is -2.08. The van der Waals surface area contributed by atoms with Crippen molar-refractivity contribution < 1.29 is 14.6 Å². The van der Waals surface area contributed by atoms with Crippen LogP contribution in [-0.2, 0) is 11.2 Å². The van der Waals surface area contributed by atoms with Crippen LogP contribution in [-0.4, -0.2) is 17.6 Å². The lowest BCUT2D eigenvalue weighted by atomic mass is 10.1. The van der Waals surface area contributed by atoms with Gasteiger partial charge in [-0.2, -0.15) is 0 Å². The molecule has 0 heterocycles. The summed E-state index contributed by atoms with van der Waals surface area (Å²) in [6.07, 6.45) is 3.40. The van der Waals surface area contributed by atoms with Gasteiger partial charge in [0, 0.05) is 6.42 Å². The second-order valence-electron chi connectivity index (χ2n) is 4.69. The maximum absolute atomic E-state index is 10.5. The molecule has 1 aromatic rings. The van der Waals surface area contributed by atoms with Crippen molar-refractivity contribution in [2.45, 2.75) is 38.2 Å².